The number of aliphatic hydroxyl groups excluding tert-OH is 1. The van der Waals surface area contributed by atoms with Crippen molar-refractivity contribution in [1.82, 2.24) is 0 Å². The van der Waals surface area contributed by atoms with Crippen molar-refractivity contribution in [3.63, 3.8) is 0 Å². The van der Waals surface area contributed by atoms with Gasteiger partial charge in [-0.25, -0.2) is 0 Å². The van der Waals surface area contributed by atoms with Crippen LogP contribution in [0.1, 0.15) is 6.42 Å². The minimum atomic E-state index is -0.506. The summed E-state index contributed by atoms with van der Waals surface area (Å²) in [6.07, 6.45) is 4.56. The molecule has 1 saturated heterocycles. The zero-order valence-corrected chi connectivity index (χ0v) is 5.62. The number of hydrogen-bond acceptors (Lipinski definition) is 3. The minimum Gasteiger partial charge on any atom is -0.388 e. The van der Waals surface area contributed by atoms with Gasteiger partial charge in [0.15, 0.2) is 6.29 Å². The van der Waals surface area contributed by atoms with Gasteiger partial charge in [-0.3, -0.25) is 0 Å². The van der Waals surface area contributed by atoms with Crippen LogP contribution in [0.2, 0.25) is 0 Å². The molecule has 0 spiro atoms. The lowest BCUT2D eigenvalue weighted by Gasteiger charge is -2.11. The van der Waals surface area contributed by atoms with E-state index in [1.165, 1.54) is 0 Å². The highest BCUT2D eigenvalue weighted by atomic mass is 16.7. The highest BCUT2D eigenvalue weighted by molar-refractivity contribution is 4.83. The quantitative estimate of drug-likeness (QED) is 0.540. The van der Waals surface area contributed by atoms with E-state index in [0.717, 1.165) is 0 Å². The van der Waals surface area contributed by atoms with Gasteiger partial charge < -0.3 is 14.6 Å². The van der Waals surface area contributed by atoms with E-state index in [2.05, 4.69) is 5.92 Å². The summed E-state index contributed by atoms with van der Waals surface area (Å²) in [5.74, 6) is 2.30. The number of aliphatic hydroxyl groups is 1. The van der Waals surface area contributed by atoms with E-state index in [1.54, 1.807) is 0 Å². The second-order valence-corrected chi connectivity index (χ2v) is 2.11. The van der Waals surface area contributed by atoms with E-state index < -0.39 is 12.4 Å². The van der Waals surface area contributed by atoms with E-state index in [1.807, 2.05) is 0 Å². The van der Waals surface area contributed by atoms with Crippen LogP contribution in [-0.4, -0.2) is 30.7 Å². The zero-order chi connectivity index (χ0) is 7.40. The monoisotopic (exact) mass is 142 g/mol. The predicted octanol–water partition coefficient (Wildman–Crippen LogP) is -0.257. The van der Waals surface area contributed by atoms with Crippen molar-refractivity contribution in [2.45, 2.75) is 18.8 Å². The molecular weight excluding hydrogens is 132 g/mol. The molecule has 0 aromatic rings. The standard InChI is InChI=1S/C7H10O3/c1-2-4-9-7-6(8)3-5-10-7/h1,6-8H,3-5H2. The Morgan fingerprint density at radius 1 is 1.80 bits per heavy atom. The molecule has 1 heterocycles. The summed E-state index contributed by atoms with van der Waals surface area (Å²) in [6, 6.07) is 0. The Balaban J connectivity index is 2.21. The first-order valence-electron chi connectivity index (χ1n) is 3.19. The van der Waals surface area contributed by atoms with Gasteiger partial charge in [0.25, 0.3) is 0 Å². The maximum atomic E-state index is 9.10. The van der Waals surface area contributed by atoms with Gasteiger partial charge in [-0.05, 0) is 0 Å². The van der Waals surface area contributed by atoms with Crippen LogP contribution in [-0.2, 0) is 9.47 Å². The van der Waals surface area contributed by atoms with Gasteiger partial charge in [0.05, 0.1) is 6.61 Å². The maximum Gasteiger partial charge on any atom is 0.184 e. The smallest absolute Gasteiger partial charge is 0.184 e. The van der Waals surface area contributed by atoms with Crippen LogP contribution < -0.4 is 0 Å². The molecule has 1 N–H and O–H groups in total. The van der Waals surface area contributed by atoms with Crippen molar-refractivity contribution in [2.75, 3.05) is 13.2 Å². The molecule has 1 fully saturated rings. The van der Waals surface area contributed by atoms with Crippen LogP contribution in [0.3, 0.4) is 0 Å². The summed E-state index contributed by atoms with van der Waals surface area (Å²) in [7, 11) is 0. The first-order chi connectivity index (χ1) is 4.84. The molecule has 0 radical (unpaired) electrons. The second kappa shape index (κ2) is 3.57. The van der Waals surface area contributed by atoms with E-state index in [4.69, 9.17) is 21.0 Å². The number of hydrogen-bond donors (Lipinski definition) is 1. The van der Waals surface area contributed by atoms with Crippen molar-refractivity contribution in [3.05, 3.63) is 0 Å². The fourth-order valence-electron chi connectivity index (χ4n) is 0.842. The fourth-order valence-corrected chi connectivity index (χ4v) is 0.842. The van der Waals surface area contributed by atoms with Crippen molar-refractivity contribution in [1.29, 1.82) is 0 Å². The van der Waals surface area contributed by atoms with Crippen LogP contribution in [0.5, 0.6) is 0 Å². The molecule has 0 aromatic heterocycles. The van der Waals surface area contributed by atoms with Crippen LogP contribution >= 0.6 is 0 Å². The summed E-state index contributed by atoms with van der Waals surface area (Å²) in [5.41, 5.74) is 0. The van der Waals surface area contributed by atoms with Crippen molar-refractivity contribution < 1.29 is 14.6 Å². The van der Waals surface area contributed by atoms with Gasteiger partial charge in [-0.1, -0.05) is 5.92 Å². The Labute approximate surface area is 59.9 Å². The molecule has 1 aliphatic rings. The molecule has 3 heteroatoms. The van der Waals surface area contributed by atoms with Crippen LogP contribution in [0, 0.1) is 12.3 Å². The Hall–Kier alpha value is -0.560. The molecular formula is C7H10O3. The molecule has 3 nitrogen and oxygen atoms in total. The third-order valence-corrected chi connectivity index (χ3v) is 1.34. The third kappa shape index (κ3) is 1.71. The van der Waals surface area contributed by atoms with Gasteiger partial charge >= 0.3 is 0 Å². The molecule has 0 amide bonds. The summed E-state index contributed by atoms with van der Waals surface area (Å²) in [6.45, 7) is 0.748. The molecule has 1 aliphatic heterocycles. The molecule has 2 atom stereocenters. The summed E-state index contributed by atoms with van der Waals surface area (Å²) < 4.78 is 9.96. The summed E-state index contributed by atoms with van der Waals surface area (Å²) >= 11 is 0. The molecule has 2 unspecified atom stereocenters. The van der Waals surface area contributed by atoms with Gasteiger partial charge in [0, 0.05) is 6.42 Å². The molecule has 0 aromatic carbocycles. The number of ether oxygens (including phenoxy) is 2. The highest BCUT2D eigenvalue weighted by Gasteiger charge is 2.26. The predicted molar refractivity (Wildman–Crippen MR) is 35.1 cm³/mol. The van der Waals surface area contributed by atoms with E-state index in [0.29, 0.717) is 13.0 Å². The number of rotatable bonds is 2. The lowest BCUT2D eigenvalue weighted by atomic mass is 10.3. The van der Waals surface area contributed by atoms with Crippen molar-refractivity contribution in [3.8, 4) is 12.3 Å². The van der Waals surface area contributed by atoms with Gasteiger partial charge in [0.1, 0.15) is 12.7 Å². The maximum absolute atomic E-state index is 9.10. The Kier molecular flexibility index (Phi) is 2.69. The molecule has 0 aliphatic carbocycles. The van der Waals surface area contributed by atoms with Gasteiger partial charge in [-0.2, -0.15) is 0 Å². The van der Waals surface area contributed by atoms with Crippen molar-refractivity contribution in [2.24, 2.45) is 0 Å². The minimum absolute atomic E-state index is 0.196. The van der Waals surface area contributed by atoms with Crippen LogP contribution in [0.4, 0.5) is 0 Å². The topological polar surface area (TPSA) is 38.7 Å². The average Bonchev–Trinajstić information content (AvgIpc) is 2.31. The molecule has 0 saturated carbocycles. The third-order valence-electron chi connectivity index (χ3n) is 1.34. The van der Waals surface area contributed by atoms with E-state index in [-0.39, 0.29) is 6.61 Å². The lowest BCUT2D eigenvalue weighted by molar-refractivity contribution is -0.141. The Morgan fingerprint density at radius 2 is 2.60 bits per heavy atom. The highest BCUT2D eigenvalue weighted by Crippen LogP contribution is 2.13. The molecule has 1 rings (SSSR count). The molecule has 10 heavy (non-hydrogen) atoms. The van der Waals surface area contributed by atoms with Gasteiger partial charge in [-0.15, -0.1) is 6.42 Å². The Morgan fingerprint density at radius 3 is 3.10 bits per heavy atom. The van der Waals surface area contributed by atoms with Crippen LogP contribution in [0.25, 0.3) is 0 Å². The number of terminal acetylenes is 1. The Bertz CT molecular complexity index is 138. The van der Waals surface area contributed by atoms with Crippen molar-refractivity contribution >= 4 is 0 Å². The molecule has 56 valence electrons. The van der Waals surface area contributed by atoms with Gasteiger partial charge in [0.2, 0.25) is 0 Å². The largest absolute Gasteiger partial charge is 0.388 e. The summed E-state index contributed by atoms with van der Waals surface area (Å²) in [5, 5.41) is 9.10. The lowest BCUT2D eigenvalue weighted by Crippen LogP contribution is -2.24. The SMILES string of the molecule is C#CCOC1OCCC1O. The average molecular weight is 142 g/mol. The normalized spacial score (nSPS) is 32.0. The van der Waals surface area contributed by atoms with Crippen LogP contribution in [0.15, 0.2) is 0 Å². The van der Waals surface area contributed by atoms with E-state index in [9.17, 15) is 0 Å². The zero-order valence-electron chi connectivity index (χ0n) is 5.62. The molecule has 0 bridgehead atoms. The second-order valence-electron chi connectivity index (χ2n) is 2.11. The first-order valence-corrected chi connectivity index (χ1v) is 3.19. The fraction of sp³-hybridized carbons (Fsp3) is 0.714. The summed E-state index contributed by atoms with van der Waals surface area (Å²) in [4.78, 5) is 0. The first kappa shape index (κ1) is 7.55. The van der Waals surface area contributed by atoms with E-state index >= 15 is 0 Å².